The van der Waals surface area contributed by atoms with Crippen LogP contribution in [0.2, 0.25) is 5.02 Å². The predicted molar refractivity (Wildman–Crippen MR) is 96.0 cm³/mol. The zero-order chi connectivity index (χ0) is 17.5. The normalized spacial score (nSPS) is 16.2. The highest BCUT2D eigenvalue weighted by Gasteiger charge is 2.20. The van der Waals surface area contributed by atoms with E-state index in [9.17, 15) is 9.59 Å². The second kappa shape index (κ2) is 9.04. The van der Waals surface area contributed by atoms with Crippen molar-refractivity contribution in [3.63, 3.8) is 0 Å². The van der Waals surface area contributed by atoms with E-state index in [0.717, 1.165) is 31.2 Å². The highest BCUT2D eigenvalue weighted by atomic mass is 35.5. The number of imide groups is 1. The molecule has 1 aromatic rings. The van der Waals surface area contributed by atoms with E-state index in [1.54, 1.807) is 0 Å². The summed E-state index contributed by atoms with van der Waals surface area (Å²) in [6.07, 6.45) is 4.26. The van der Waals surface area contributed by atoms with Crippen molar-refractivity contribution in [3.8, 4) is 0 Å². The van der Waals surface area contributed by atoms with Crippen LogP contribution in [0.5, 0.6) is 0 Å². The lowest BCUT2D eigenvalue weighted by Crippen LogP contribution is -2.46. The van der Waals surface area contributed by atoms with Gasteiger partial charge in [0.25, 0.3) is 0 Å². The van der Waals surface area contributed by atoms with Crippen LogP contribution in [-0.2, 0) is 4.79 Å². The number of carbonyl (C=O) groups excluding carboxylic acids is 2. The highest BCUT2D eigenvalue weighted by molar-refractivity contribution is 6.30. The fourth-order valence-corrected chi connectivity index (χ4v) is 3.20. The summed E-state index contributed by atoms with van der Waals surface area (Å²) >= 11 is 5.92. The first-order valence-electron chi connectivity index (χ1n) is 8.55. The minimum absolute atomic E-state index is 0.0194. The molecule has 24 heavy (non-hydrogen) atoms. The molecule has 5 nitrogen and oxygen atoms in total. The molecule has 1 aliphatic rings. The second-order valence-electron chi connectivity index (χ2n) is 6.66. The molecule has 0 radical (unpaired) electrons. The quantitative estimate of drug-likeness (QED) is 0.735. The molecule has 3 amide bonds. The Hall–Kier alpha value is -1.59. The maximum atomic E-state index is 12.0. The SMILES string of the molecule is CC(C)C(NCC(=O)NC(=O)NC1CCCC1)c1ccc(Cl)cc1. The molecule has 1 fully saturated rings. The third-order valence-corrected chi connectivity index (χ3v) is 4.57. The van der Waals surface area contributed by atoms with Crippen molar-refractivity contribution in [2.24, 2.45) is 5.92 Å². The van der Waals surface area contributed by atoms with Crippen LogP contribution in [0.4, 0.5) is 4.79 Å². The van der Waals surface area contributed by atoms with Crippen LogP contribution in [0.1, 0.15) is 51.1 Å². The van der Waals surface area contributed by atoms with Crippen molar-refractivity contribution in [3.05, 3.63) is 34.9 Å². The van der Waals surface area contributed by atoms with E-state index in [2.05, 4.69) is 29.8 Å². The Labute approximate surface area is 148 Å². The van der Waals surface area contributed by atoms with Crippen LogP contribution in [0.15, 0.2) is 24.3 Å². The highest BCUT2D eigenvalue weighted by Crippen LogP contribution is 2.23. The standard InChI is InChI=1S/C18H26ClN3O2/c1-12(2)17(13-7-9-14(19)10-8-13)20-11-16(23)22-18(24)21-15-5-3-4-6-15/h7-10,12,15,17,20H,3-6,11H2,1-2H3,(H2,21,22,23,24). The number of halogens is 1. The lowest BCUT2D eigenvalue weighted by molar-refractivity contribution is -0.119. The summed E-state index contributed by atoms with van der Waals surface area (Å²) in [7, 11) is 0. The van der Waals surface area contributed by atoms with Gasteiger partial charge in [-0.05, 0) is 36.5 Å². The van der Waals surface area contributed by atoms with Crippen molar-refractivity contribution < 1.29 is 9.59 Å². The van der Waals surface area contributed by atoms with E-state index >= 15 is 0 Å². The van der Waals surface area contributed by atoms with Gasteiger partial charge in [-0.15, -0.1) is 0 Å². The Bertz CT molecular complexity index is 554. The average Bonchev–Trinajstić information content (AvgIpc) is 3.01. The molecule has 6 heteroatoms. The monoisotopic (exact) mass is 351 g/mol. The van der Waals surface area contributed by atoms with Crippen LogP contribution in [0, 0.1) is 5.92 Å². The smallest absolute Gasteiger partial charge is 0.321 e. The van der Waals surface area contributed by atoms with Gasteiger partial charge >= 0.3 is 6.03 Å². The van der Waals surface area contributed by atoms with Crippen LogP contribution >= 0.6 is 11.6 Å². The fraction of sp³-hybridized carbons (Fsp3) is 0.556. The number of carbonyl (C=O) groups is 2. The third-order valence-electron chi connectivity index (χ3n) is 4.32. The van der Waals surface area contributed by atoms with Gasteiger partial charge in [-0.25, -0.2) is 4.79 Å². The summed E-state index contributed by atoms with van der Waals surface area (Å²) in [4.78, 5) is 23.8. The van der Waals surface area contributed by atoms with Gasteiger partial charge in [0.1, 0.15) is 0 Å². The zero-order valence-electron chi connectivity index (χ0n) is 14.3. The minimum Gasteiger partial charge on any atom is -0.335 e. The Kier molecular flexibility index (Phi) is 7.06. The van der Waals surface area contributed by atoms with Crippen LogP contribution in [0.3, 0.4) is 0 Å². The van der Waals surface area contributed by atoms with Crippen molar-refractivity contribution in [2.75, 3.05) is 6.54 Å². The summed E-state index contributed by atoms with van der Waals surface area (Å²) in [5.41, 5.74) is 1.07. The molecule has 0 bridgehead atoms. The first kappa shape index (κ1) is 18.7. The van der Waals surface area contributed by atoms with Crippen LogP contribution in [0.25, 0.3) is 0 Å². The Morgan fingerprint density at radius 1 is 1.17 bits per heavy atom. The molecule has 0 aliphatic heterocycles. The Morgan fingerprint density at radius 2 is 1.79 bits per heavy atom. The second-order valence-corrected chi connectivity index (χ2v) is 7.09. The maximum Gasteiger partial charge on any atom is 0.321 e. The molecule has 0 saturated heterocycles. The molecular weight excluding hydrogens is 326 g/mol. The molecule has 0 aromatic heterocycles. The summed E-state index contributed by atoms with van der Waals surface area (Å²) < 4.78 is 0. The Balaban J connectivity index is 1.81. The van der Waals surface area contributed by atoms with Gasteiger partial charge in [0, 0.05) is 17.1 Å². The van der Waals surface area contributed by atoms with Crippen LogP contribution in [-0.4, -0.2) is 24.5 Å². The molecule has 1 saturated carbocycles. The number of benzene rings is 1. The molecule has 2 rings (SSSR count). The number of amides is 3. The molecule has 1 unspecified atom stereocenters. The summed E-state index contributed by atoms with van der Waals surface area (Å²) in [6.45, 7) is 4.25. The third kappa shape index (κ3) is 5.80. The first-order valence-corrected chi connectivity index (χ1v) is 8.92. The summed E-state index contributed by atoms with van der Waals surface area (Å²) in [5, 5.41) is 9.14. The molecular formula is C18H26ClN3O2. The average molecular weight is 352 g/mol. The van der Waals surface area contributed by atoms with Gasteiger partial charge in [0.15, 0.2) is 0 Å². The van der Waals surface area contributed by atoms with Crippen LogP contribution < -0.4 is 16.0 Å². The molecule has 0 spiro atoms. The maximum absolute atomic E-state index is 12.0. The molecule has 132 valence electrons. The lowest BCUT2D eigenvalue weighted by atomic mass is 9.96. The van der Waals surface area contributed by atoms with E-state index in [-0.39, 0.29) is 24.5 Å². The van der Waals surface area contributed by atoms with Gasteiger partial charge in [-0.3, -0.25) is 10.1 Å². The van der Waals surface area contributed by atoms with E-state index in [0.29, 0.717) is 10.9 Å². The largest absolute Gasteiger partial charge is 0.335 e. The summed E-state index contributed by atoms with van der Waals surface area (Å²) in [5.74, 6) is -0.0311. The fourth-order valence-electron chi connectivity index (χ4n) is 3.07. The van der Waals surface area contributed by atoms with Gasteiger partial charge < -0.3 is 10.6 Å². The van der Waals surface area contributed by atoms with E-state index in [1.165, 1.54) is 0 Å². The van der Waals surface area contributed by atoms with Gasteiger partial charge in [0.05, 0.1) is 6.54 Å². The molecule has 1 atom stereocenters. The van der Waals surface area contributed by atoms with E-state index < -0.39 is 6.03 Å². The number of nitrogens with one attached hydrogen (secondary N) is 3. The molecule has 1 aliphatic carbocycles. The number of hydrogen-bond acceptors (Lipinski definition) is 3. The molecule has 1 aromatic carbocycles. The van der Waals surface area contributed by atoms with Gasteiger partial charge in [-0.1, -0.05) is 50.4 Å². The lowest BCUT2D eigenvalue weighted by Gasteiger charge is -2.23. The van der Waals surface area contributed by atoms with Crippen molar-refractivity contribution >= 4 is 23.5 Å². The Morgan fingerprint density at radius 3 is 2.38 bits per heavy atom. The summed E-state index contributed by atoms with van der Waals surface area (Å²) in [6, 6.07) is 7.39. The first-order chi connectivity index (χ1) is 11.5. The zero-order valence-corrected chi connectivity index (χ0v) is 15.0. The van der Waals surface area contributed by atoms with E-state index in [4.69, 9.17) is 11.6 Å². The molecule has 0 heterocycles. The number of urea groups is 1. The van der Waals surface area contributed by atoms with Gasteiger partial charge in [0.2, 0.25) is 5.91 Å². The predicted octanol–water partition coefficient (Wildman–Crippen LogP) is 3.40. The van der Waals surface area contributed by atoms with Gasteiger partial charge in [-0.2, -0.15) is 0 Å². The van der Waals surface area contributed by atoms with Crippen molar-refractivity contribution in [1.29, 1.82) is 0 Å². The minimum atomic E-state index is -0.402. The van der Waals surface area contributed by atoms with Crippen molar-refractivity contribution in [1.82, 2.24) is 16.0 Å². The topological polar surface area (TPSA) is 70.2 Å². The molecule has 3 N–H and O–H groups in total. The van der Waals surface area contributed by atoms with Crippen molar-refractivity contribution in [2.45, 2.75) is 51.6 Å². The number of hydrogen-bond donors (Lipinski definition) is 3. The van der Waals surface area contributed by atoms with E-state index in [1.807, 2.05) is 24.3 Å². The number of rotatable bonds is 6.